The SMILES string of the molecule is COc1ncccc1-c1cnn2ccc(N3CCN(C(=O)OC(C)(C)C)C4CC43)nc12. The molecule has 0 aromatic carbocycles. The molecule has 2 atom stereocenters. The molecule has 5 rings (SSSR count). The van der Waals surface area contributed by atoms with Crippen LogP contribution in [0.2, 0.25) is 0 Å². The van der Waals surface area contributed by atoms with E-state index in [-0.39, 0.29) is 18.2 Å². The largest absolute Gasteiger partial charge is 0.481 e. The van der Waals surface area contributed by atoms with Crippen LogP contribution in [0.1, 0.15) is 27.2 Å². The first-order valence-electron chi connectivity index (χ1n) is 10.5. The first-order chi connectivity index (χ1) is 14.9. The topological polar surface area (TPSA) is 85.1 Å². The Labute approximate surface area is 180 Å². The smallest absolute Gasteiger partial charge is 0.410 e. The van der Waals surface area contributed by atoms with E-state index in [1.165, 1.54) is 0 Å². The van der Waals surface area contributed by atoms with E-state index in [1.807, 2.05) is 50.1 Å². The number of pyridine rings is 1. The summed E-state index contributed by atoms with van der Waals surface area (Å²) in [6.45, 7) is 7.01. The third-order valence-corrected chi connectivity index (χ3v) is 5.64. The molecule has 1 saturated carbocycles. The molecule has 1 saturated heterocycles. The van der Waals surface area contributed by atoms with E-state index in [2.05, 4.69) is 15.0 Å². The van der Waals surface area contributed by atoms with Crippen molar-refractivity contribution in [2.24, 2.45) is 0 Å². The van der Waals surface area contributed by atoms with Crippen molar-refractivity contribution < 1.29 is 14.3 Å². The van der Waals surface area contributed by atoms with Gasteiger partial charge in [0.1, 0.15) is 11.4 Å². The van der Waals surface area contributed by atoms with E-state index in [0.717, 1.165) is 29.0 Å². The van der Waals surface area contributed by atoms with Crippen LogP contribution in [0.15, 0.2) is 36.8 Å². The zero-order chi connectivity index (χ0) is 21.8. The standard InChI is InChI=1S/C22H26N6O3/c1-22(2,3)31-21(29)27-11-10-26(16-12-17(16)27)18-7-9-28-19(25-18)15(13-24-28)14-6-5-8-23-20(14)30-4/h5-9,13,16-17H,10-12H2,1-4H3. The number of piperazine rings is 1. The van der Waals surface area contributed by atoms with Crippen LogP contribution in [0.25, 0.3) is 16.8 Å². The Kier molecular flexibility index (Phi) is 4.49. The highest BCUT2D eigenvalue weighted by molar-refractivity contribution is 5.80. The molecular weight excluding hydrogens is 396 g/mol. The Hall–Kier alpha value is -3.36. The van der Waals surface area contributed by atoms with Gasteiger partial charge in [0.2, 0.25) is 5.88 Å². The van der Waals surface area contributed by atoms with Gasteiger partial charge in [-0.3, -0.25) is 0 Å². The fourth-order valence-electron chi connectivity index (χ4n) is 4.19. The molecule has 0 spiro atoms. The number of anilines is 1. The molecule has 1 aliphatic carbocycles. The van der Waals surface area contributed by atoms with Crippen molar-refractivity contribution in [1.29, 1.82) is 0 Å². The highest BCUT2D eigenvalue weighted by Crippen LogP contribution is 2.40. The number of aromatic nitrogens is 4. The maximum atomic E-state index is 12.5. The fraction of sp³-hybridized carbons (Fsp3) is 0.455. The number of hydrogen-bond donors (Lipinski definition) is 0. The van der Waals surface area contributed by atoms with Crippen molar-refractivity contribution in [3.8, 4) is 17.0 Å². The number of rotatable bonds is 3. The van der Waals surface area contributed by atoms with Crippen LogP contribution >= 0.6 is 0 Å². The van der Waals surface area contributed by atoms with Crippen LogP contribution in [0.4, 0.5) is 10.6 Å². The molecule has 0 radical (unpaired) electrons. The zero-order valence-corrected chi connectivity index (χ0v) is 18.1. The molecule has 2 fully saturated rings. The van der Waals surface area contributed by atoms with Crippen molar-refractivity contribution in [3.05, 3.63) is 36.8 Å². The monoisotopic (exact) mass is 422 g/mol. The number of fused-ring (bicyclic) bond motifs is 2. The second kappa shape index (κ2) is 7.11. The number of ether oxygens (including phenoxy) is 2. The summed E-state index contributed by atoms with van der Waals surface area (Å²) in [5.41, 5.74) is 1.97. The normalized spacial score (nSPS) is 20.5. The molecule has 2 aliphatic rings. The summed E-state index contributed by atoms with van der Waals surface area (Å²) in [5.74, 6) is 1.42. The van der Waals surface area contributed by atoms with E-state index in [0.29, 0.717) is 19.0 Å². The highest BCUT2D eigenvalue weighted by atomic mass is 16.6. The van der Waals surface area contributed by atoms with Crippen LogP contribution in [0.5, 0.6) is 5.88 Å². The molecule has 3 aromatic heterocycles. The van der Waals surface area contributed by atoms with Gasteiger partial charge < -0.3 is 19.3 Å². The second-order valence-electron chi connectivity index (χ2n) is 8.91. The molecule has 4 heterocycles. The fourth-order valence-corrected chi connectivity index (χ4v) is 4.19. The van der Waals surface area contributed by atoms with Crippen LogP contribution in [-0.2, 0) is 4.74 Å². The van der Waals surface area contributed by atoms with Crippen LogP contribution in [0.3, 0.4) is 0 Å². The van der Waals surface area contributed by atoms with Gasteiger partial charge in [0.15, 0.2) is 5.65 Å². The summed E-state index contributed by atoms with van der Waals surface area (Å²) in [6.07, 6.45) is 6.09. The molecule has 9 heteroatoms. The Bertz CT molecular complexity index is 1140. The van der Waals surface area contributed by atoms with E-state index >= 15 is 0 Å². The minimum absolute atomic E-state index is 0.171. The molecule has 1 amide bonds. The van der Waals surface area contributed by atoms with Gasteiger partial charge in [0.25, 0.3) is 0 Å². The summed E-state index contributed by atoms with van der Waals surface area (Å²) in [4.78, 5) is 25.9. The quantitative estimate of drug-likeness (QED) is 0.641. The predicted molar refractivity (Wildman–Crippen MR) is 115 cm³/mol. The van der Waals surface area contributed by atoms with E-state index < -0.39 is 5.60 Å². The summed E-state index contributed by atoms with van der Waals surface area (Å²) in [6, 6.07) is 6.23. The van der Waals surface area contributed by atoms with Crippen molar-refractivity contribution >= 4 is 17.6 Å². The number of nitrogens with zero attached hydrogens (tertiary/aromatic N) is 6. The molecule has 31 heavy (non-hydrogen) atoms. The summed E-state index contributed by atoms with van der Waals surface area (Å²) in [7, 11) is 1.60. The lowest BCUT2D eigenvalue weighted by molar-refractivity contribution is 0.0218. The average molecular weight is 422 g/mol. The first-order valence-corrected chi connectivity index (χ1v) is 10.5. The molecule has 3 aromatic rings. The van der Waals surface area contributed by atoms with Crippen molar-refractivity contribution in [2.75, 3.05) is 25.1 Å². The maximum absolute atomic E-state index is 12.5. The van der Waals surface area contributed by atoms with Gasteiger partial charge in [0.05, 0.1) is 31.0 Å². The number of hydrogen-bond acceptors (Lipinski definition) is 7. The third-order valence-electron chi connectivity index (χ3n) is 5.64. The van der Waals surface area contributed by atoms with Crippen molar-refractivity contribution in [1.82, 2.24) is 24.5 Å². The average Bonchev–Trinajstić information content (AvgIpc) is 3.43. The summed E-state index contributed by atoms with van der Waals surface area (Å²) >= 11 is 0. The lowest BCUT2D eigenvalue weighted by Crippen LogP contribution is -2.50. The highest BCUT2D eigenvalue weighted by Gasteiger charge is 2.52. The van der Waals surface area contributed by atoms with Crippen LogP contribution < -0.4 is 9.64 Å². The third kappa shape index (κ3) is 3.54. The van der Waals surface area contributed by atoms with E-state index in [4.69, 9.17) is 14.5 Å². The molecule has 162 valence electrons. The van der Waals surface area contributed by atoms with Crippen LogP contribution in [-0.4, -0.2) is 68.5 Å². The Balaban J connectivity index is 1.41. The van der Waals surface area contributed by atoms with Gasteiger partial charge >= 0.3 is 6.09 Å². The summed E-state index contributed by atoms with van der Waals surface area (Å²) in [5, 5.41) is 4.44. The van der Waals surface area contributed by atoms with E-state index in [1.54, 1.807) is 24.0 Å². The van der Waals surface area contributed by atoms with Gasteiger partial charge in [0, 0.05) is 31.0 Å². The minimum Gasteiger partial charge on any atom is -0.481 e. The maximum Gasteiger partial charge on any atom is 0.410 e. The van der Waals surface area contributed by atoms with Crippen molar-refractivity contribution in [2.45, 2.75) is 44.9 Å². The molecule has 1 aliphatic heterocycles. The van der Waals surface area contributed by atoms with Crippen molar-refractivity contribution in [3.63, 3.8) is 0 Å². The Morgan fingerprint density at radius 1 is 1.16 bits per heavy atom. The lowest BCUT2D eigenvalue weighted by atomic mass is 10.1. The second-order valence-corrected chi connectivity index (χ2v) is 8.91. The molecular formula is C22H26N6O3. The minimum atomic E-state index is -0.489. The van der Waals surface area contributed by atoms with Gasteiger partial charge in [-0.1, -0.05) is 0 Å². The Morgan fingerprint density at radius 3 is 2.77 bits per heavy atom. The van der Waals surface area contributed by atoms with E-state index in [9.17, 15) is 4.79 Å². The molecule has 0 N–H and O–H groups in total. The van der Waals surface area contributed by atoms with Gasteiger partial charge in [-0.15, -0.1) is 0 Å². The number of carbonyl (C=O) groups excluding carboxylic acids is 1. The van der Waals surface area contributed by atoms with Crippen LogP contribution in [0, 0.1) is 0 Å². The predicted octanol–water partition coefficient (Wildman–Crippen LogP) is 3.00. The first kappa shape index (κ1) is 19.6. The van der Waals surface area contributed by atoms with Gasteiger partial charge in [-0.2, -0.15) is 5.10 Å². The number of methoxy groups -OCH3 is 1. The van der Waals surface area contributed by atoms with Gasteiger partial charge in [-0.05, 0) is 45.4 Å². The number of amides is 1. The molecule has 0 bridgehead atoms. The Morgan fingerprint density at radius 2 is 2.00 bits per heavy atom. The zero-order valence-electron chi connectivity index (χ0n) is 18.1. The summed E-state index contributed by atoms with van der Waals surface area (Å²) < 4.78 is 12.8. The molecule has 2 unspecified atom stereocenters. The van der Waals surface area contributed by atoms with Gasteiger partial charge in [-0.25, -0.2) is 19.3 Å². The molecule has 9 nitrogen and oxygen atoms in total. The number of carbonyl (C=O) groups is 1. The lowest BCUT2D eigenvalue weighted by Gasteiger charge is -2.35.